The van der Waals surface area contributed by atoms with Crippen molar-refractivity contribution < 1.29 is 49.2 Å². The summed E-state index contributed by atoms with van der Waals surface area (Å²) < 4.78 is 26.3. The lowest BCUT2D eigenvalue weighted by molar-refractivity contribution is -0.315. The maximum Gasteiger partial charge on any atom is 0.186 e. The first-order valence-corrected chi connectivity index (χ1v) is 7.41. The highest BCUT2D eigenvalue weighted by Gasteiger charge is 2.51. The Morgan fingerprint density at radius 2 is 1.61 bits per heavy atom. The van der Waals surface area contributed by atoms with Crippen LogP contribution in [0.3, 0.4) is 0 Å². The number of fused-ring (bicyclic) bond motifs is 2. The average Bonchev–Trinajstić information content (AvgIpc) is 2.81. The molecule has 2 bridgehead atoms. The number of ether oxygens (including phenoxy) is 5. The zero-order valence-electron chi connectivity index (χ0n) is 12.5. The van der Waals surface area contributed by atoms with Crippen molar-refractivity contribution in [2.75, 3.05) is 20.3 Å². The predicted molar refractivity (Wildman–Crippen MR) is 70.1 cm³/mol. The molecule has 0 aromatic heterocycles. The van der Waals surface area contributed by atoms with Gasteiger partial charge in [-0.25, -0.2) is 0 Å². The van der Waals surface area contributed by atoms with Gasteiger partial charge in [0, 0.05) is 7.11 Å². The molecule has 134 valence electrons. The van der Waals surface area contributed by atoms with Crippen molar-refractivity contribution in [2.45, 2.75) is 61.4 Å². The quantitative estimate of drug-likeness (QED) is 0.347. The van der Waals surface area contributed by atoms with Crippen LogP contribution in [-0.2, 0) is 23.7 Å². The zero-order chi connectivity index (χ0) is 16.7. The Balaban J connectivity index is 1.57. The summed E-state index contributed by atoms with van der Waals surface area (Å²) >= 11 is 0. The van der Waals surface area contributed by atoms with Crippen molar-refractivity contribution in [3.05, 3.63) is 0 Å². The molecule has 0 spiro atoms. The minimum absolute atomic E-state index is 0.155. The summed E-state index contributed by atoms with van der Waals surface area (Å²) in [6.45, 7) is -0.0654. The van der Waals surface area contributed by atoms with Crippen LogP contribution in [0.2, 0.25) is 0 Å². The summed E-state index contributed by atoms with van der Waals surface area (Å²) in [5.41, 5.74) is 0. The van der Waals surface area contributed by atoms with Gasteiger partial charge in [0.15, 0.2) is 12.6 Å². The summed E-state index contributed by atoms with van der Waals surface area (Å²) in [6, 6.07) is 0. The second kappa shape index (κ2) is 6.84. The molecular formula is C13H22O10. The third-order valence-electron chi connectivity index (χ3n) is 4.42. The van der Waals surface area contributed by atoms with Crippen LogP contribution in [0.25, 0.3) is 0 Å². The van der Waals surface area contributed by atoms with Crippen LogP contribution in [0.15, 0.2) is 0 Å². The van der Waals surface area contributed by atoms with Gasteiger partial charge in [-0.05, 0) is 0 Å². The highest BCUT2D eigenvalue weighted by Crippen LogP contribution is 2.31. The first kappa shape index (κ1) is 17.4. The highest BCUT2D eigenvalue weighted by molar-refractivity contribution is 4.95. The smallest absolute Gasteiger partial charge is 0.186 e. The Kier molecular flexibility index (Phi) is 5.18. The highest BCUT2D eigenvalue weighted by atomic mass is 16.7. The first-order chi connectivity index (χ1) is 10.9. The number of methoxy groups -OCH3 is 1. The van der Waals surface area contributed by atoms with Crippen LogP contribution in [0.5, 0.6) is 0 Å². The number of hydrogen-bond donors (Lipinski definition) is 5. The topological polar surface area (TPSA) is 147 Å². The third-order valence-corrected chi connectivity index (χ3v) is 4.42. The van der Waals surface area contributed by atoms with E-state index in [-0.39, 0.29) is 13.2 Å². The standard InChI is InChI=1S/C13H22O10/c1-19-12-9(17)8(16)6(14)4(22-12)3-21-13-10(18)11-7(15)5(23-13)2-20-11/h4-18H,2-3H2,1H3/t4-,5-,6-,7-,8+,9-,10-,11+,12+,13-/m1/s1. The molecule has 0 aliphatic carbocycles. The molecule has 0 radical (unpaired) electrons. The molecule has 3 fully saturated rings. The summed E-state index contributed by atoms with van der Waals surface area (Å²) in [6.07, 6.45) is -10.9. The van der Waals surface area contributed by atoms with Crippen molar-refractivity contribution >= 4 is 0 Å². The Hall–Kier alpha value is -0.400. The fourth-order valence-electron chi connectivity index (χ4n) is 3.02. The number of hydrogen-bond acceptors (Lipinski definition) is 10. The number of aliphatic hydroxyl groups excluding tert-OH is 5. The van der Waals surface area contributed by atoms with E-state index in [0.29, 0.717) is 0 Å². The van der Waals surface area contributed by atoms with Crippen LogP contribution in [0.4, 0.5) is 0 Å². The Labute approximate surface area is 132 Å². The molecular weight excluding hydrogens is 316 g/mol. The van der Waals surface area contributed by atoms with Gasteiger partial charge in [0.2, 0.25) is 0 Å². The van der Waals surface area contributed by atoms with Gasteiger partial charge in [-0.2, -0.15) is 0 Å². The summed E-state index contributed by atoms with van der Waals surface area (Å²) in [4.78, 5) is 0. The van der Waals surface area contributed by atoms with E-state index in [9.17, 15) is 25.5 Å². The van der Waals surface area contributed by atoms with Gasteiger partial charge in [-0.15, -0.1) is 0 Å². The van der Waals surface area contributed by atoms with Gasteiger partial charge < -0.3 is 49.2 Å². The SMILES string of the molecule is CO[C@H]1O[C@H](CO[C@@H]2O[C@@H]3CO[C@H]([C@H]2O)[C@@H]3O)[C@@H](O)[C@H](O)[C@H]1O. The van der Waals surface area contributed by atoms with Crippen molar-refractivity contribution in [3.8, 4) is 0 Å². The van der Waals surface area contributed by atoms with Gasteiger partial charge in [-0.1, -0.05) is 0 Å². The monoisotopic (exact) mass is 338 g/mol. The zero-order valence-corrected chi connectivity index (χ0v) is 12.5. The minimum Gasteiger partial charge on any atom is -0.387 e. The molecule has 10 nitrogen and oxygen atoms in total. The summed E-state index contributed by atoms with van der Waals surface area (Å²) in [5.74, 6) is 0. The normalized spacial score (nSPS) is 53.5. The number of aliphatic hydroxyl groups is 5. The summed E-state index contributed by atoms with van der Waals surface area (Å²) in [5, 5.41) is 49.2. The van der Waals surface area contributed by atoms with E-state index in [1.807, 2.05) is 0 Å². The van der Waals surface area contributed by atoms with Crippen molar-refractivity contribution in [3.63, 3.8) is 0 Å². The van der Waals surface area contributed by atoms with E-state index in [1.54, 1.807) is 0 Å². The van der Waals surface area contributed by atoms with Gasteiger partial charge in [0.25, 0.3) is 0 Å². The predicted octanol–water partition coefficient (Wildman–Crippen LogP) is -3.70. The molecule has 0 unspecified atom stereocenters. The fraction of sp³-hybridized carbons (Fsp3) is 1.00. The molecule has 3 aliphatic rings. The number of rotatable bonds is 4. The second-order valence-electron chi connectivity index (χ2n) is 5.91. The molecule has 0 aromatic carbocycles. The molecule has 23 heavy (non-hydrogen) atoms. The Bertz CT molecular complexity index is 406. The Morgan fingerprint density at radius 1 is 0.870 bits per heavy atom. The molecule has 3 rings (SSSR count). The lowest BCUT2D eigenvalue weighted by Crippen LogP contribution is -2.60. The van der Waals surface area contributed by atoms with Crippen molar-refractivity contribution in [2.24, 2.45) is 0 Å². The molecule has 0 saturated carbocycles. The van der Waals surface area contributed by atoms with Crippen LogP contribution < -0.4 is 0 Å². The first-order valence-electron chi connectivity index (χ1n) is 7.41. The maximum absolute atomic E-state index is 10.1. The van der Waals surface area contributed by atoms with E-state index in [0.717, 1.165) is 0 Å². The molecule has 0 aromatic rings. The maximum atomic E-state index is 10.1. The second-order valence-corrected chi connectivity index (χ2v) is 5.91. The fourth-order valence-corrected chi connectivity index (χ4v) is 3.02. The summed E-state index contributed by atoms with van der Waals surface area (Å²) in [7, 11) is 1.29. The van der Waals surface area contributed by atoms with Crippen LogP contribution in [0, 0.1) is 0 Å². The van der Waals surface area contributed by atoms with Crippen molar-refractivity contribution in [1.29, 1.82) is 0 Å². The van der Waals surface area contributed by atoms with E-state index in [4.69, 9.17) is 23.7 Å². The lowest BCUT2D eigenvalue weighted by Gasteiger charge is -2.41. The lowest BCUT2D eigenvalue weighted by atomic mass is 9.99. The van der Waals surface area contributed by atoms with Crippen LogP contribution in [-0.4, -0.2) is 107 Å². The minimum atomic E-state index is -1.46. The van der Waals surface area contributed by atoms with Crippen LogP contribution >= 0.6 is 0 Å². The van der Waals surface area contributed by atoms with Crippen LogP contribution in [0.1, 0.15) is 0 Å². The third kappa shape index (κ3) is 3.12. The van der Waals surface area contributed by atoms with Gasteiger partial charge in [0.1, 0.15) is 48.8 Å². The average molecular weight is 338 g/mol. The Morgan fingerprint density at radius 3 is 2.30 bits per heavy atom. The molecule has 3 saturated heterocycles. The van der Waals surface area contributed by atoms with Gasteiger partial charge in [0.05, 0.1) is 13.2 Å². The van der Waals surface area contributed by atoms with E-state index >= 15 is 0 Å². The molecule has 3 heterocycles. The molecule has 5 N–H and O–H groups in total. The van der Waals surface area contributed by atoms with Gasteiger partial charge in [-0.3, -0.25) is 0 Å². The molecule has 3 aliphatic heterocycles. The molecule has 10 heteroatoms. The largest absolute Gasteiger partial charge is 0.387 e. The molecule has 10 atom stereocenters. The van der Waals surface area contributed by atoms with Crippen molar-refractivity contribution in [1.82, 2.24) is 0 Å². The van der Waals surface area contributed by atoms with E-state index in [1.165, 1.54) is 7.11 Å². The van der Waals surface area contributed by atoms with Gasteiger partial charge >= 0.3 is 0 Å². The molecule has 0 amide bonds. The van der Waals surface area contributed by atoms with E-state index in [2.05, 4.69) is 0 Å². The van der Waals surface area contributed by atoms with E-state index < -0.39 is 61.4 Å².